The van der Waals surface area contributed by atoms with E-state index in [0.29, 0.717) is 0 Å². The summed E-state index contributed by atoms with van der Waals surface area (Å²) in [5.74, 6) is 0. The van der Waals surface area contributed by atoms with Crippen molar-refractivity contribution in [3.05, 3.63) is 0 Å². The molecule has 1 aliphatic heterocycles. The molecule has 0 bridgehead atoms. The Morgan fingerprint density at radius 3 is 2.00 bits per heavy atom. The molecule has 0 saturated carbocycles. The van der Waals surface area contributed by atoms with Crippen LogP contribution >= 0.6 is 0 Å². The minimum atomic E-state index is -1.57. The zero-order valence-electron chi connectivity index (χ0n) is 6.24. The molecule has 0 aliphatic carbocycles. The predicted octanol–water partition coefficient (Wildman–Crippen LogP) is -3.22. The lowest BCUT2D eigenvalue weighted by Crippen LogP contribution is -2.58. The van der Waals surface area contributed by atoms with E-state index in [1.165, 1.54) is 0 Å². The van der Waals surface area contributed by atoms with Crippen LogP contribution in [0.1, 0.15) is 0 Å². The highest BCUT2D eigenvalue weighted by atomic mass is 16.8. The average Bonchev–Trinajstić information content (AvgIpc) is 2.08. The molecule has 6 nitrogen and oxygen atoms in total. The third kappa shape index (κ3) is 1.58. The maximum Gasteiger partial charge on any atom is 0.184 e. The van der Waals surface area contributed by atoms with Crippen molar-refractivity contribution in [1.29, 1.82) is 0 Å². The fraction of sp³-hybridized carbons (Fsp3) is 1.00. The number of hydrogen-bond acceptors (Lipinski definition) is 6. The Morgan fingerprint density at radius 2 is 1.50 bits per heavy atom. The second-order valence-electron chi connectivity index (χ2n) is 2.72. The van der Waals surface area contributed by atoms with Gasteiger partial charge < -0.3 is 30.3 Å². The second-order valence-corrected chi connectivity index (χ2v) is 2.72. The van der Waals surface area contributed by atoms with Gasteiger partial charge in [0.25, 0.3) is 0 Å². The molecule has 0 aromatic carbocycles. The zero-order valence-corrected chi connectivity index (χ0v) is 6.24. The van der Waals surface area contributed by atoms with Crippen molar-refractivity contribution >= 4 is 0 Å². The summed E-state index contributed by atoms with van der Waals surface area (Å²) in [6, 6.07) is 0. The zero-order chi connectivity index (χ0) is 9.30. The SMILES string of the molecule is OCC1O[13C@H](O)[13C@H](O)[C@@H](O)[C@@H]1O. The average molecular weight is 182 g/mol. The lowest BCUT2D eigenvalue weighted by molar-refractivity contribution is -0.286. The van der Waals surface area contributed by atoms with Gasteiger partial charge in [-0.15, -0.1) is 0 Å². The molecule has 0 aromatic heterocycles. The van der Waals surface area contributed by atoms with Crippen molar-refractivity contribution in [2.24, 2.45) is 0 Å². The quantitative estimate of drug-likeness (QED) is 0.273. The summed E-state index contributed by atoms with van der Waals surface area (Å²) < 4.78 is 4.58. The van der Waals surface area contributed by atoms with E-state index in [1.807, 2.05) is 0 Å². The van der Waals surface area contributed by atoms with Gasteiger partial charge in [0, 0.05) is 0 Å². The highest BCUT2D eigenvalue weighted by molar-refractivity contribution is 4.87. The highest BCUT2D eigenvalue weighted by Crippen LogP contribution is 2.18. The van der Waals surface area contributed by atoms with E-state index in [2.05, 4.69) is 4.74 Å². The summed E-state index contributed by atoms with van der Waals surface area (Å²) in [5.41, 5.74) is 0. The first-order chi connectivity index (χ1) is 5.57. The van der Waals surface area contributed by atoms with Gasteiger partial charge in [-0.05, 0) is 0 Å². The van der Waals surface area contributed by atoms with Crippen LogP contribution in [0.2, 0.25) is 0 Å². The molecule has 1 fully saturated rings. The van der Waals surface area contributed by atoms with Crippen molar-refractivity contribution in [3.63, 3.8) is 0 Å². The summed E-state index contributed by atoms with van der Waals surface area (Å²) in [5, 5.41) is 44.7. The van der Waals surface area contributed by atoms with Crippen LogP contribution in [0.3, 0.4) is 0 Å². The van der Waals surface area contributed by atoms with Gasteiger partial charge >= 0.3 is 0 Å². The molecular formula is C6H12O6. The molecule has 12 heavy (non-hydrogen) atoms. The van der Waals surface area contributed by atoms with Gasteiger partial charge in [-0.2, -0.15) is 0 Å². The number of aliphatic hydroxyl groups excluding tert-OH is 5. The maximum absolute atomic E-state index is 9.12. The van der Waals surface area contributed by atoms with Crippen LogP contribution in [0, 0.1) is 0 Å². The van der Waals surface area contributed by atoms with E-state index >= 15 is 0 Å². The molecule has 0 aromatic rings. The third-order valence-corrected chi connectivity index (χ3v) is 1.87. The lowest BCUT2D eigenvalue weighted by atomic mass is 10.1. The van der Waals surface area contributed by atoms with Gasteiger partial charge in [-0.3, -0.25) is 0 Å². The van der Waals surface area contributed by atoms with Crippen molar-refractivity contribution < 1.29 is 30.3 Å². The number of hydrogen-bond donors (Lipinski definition) is 5. The number of aliphatic hydroxyl groups is 5. The first-order valence-corrected chi connectivity index (χ1v) is 3.56. The molecule has 1 unspecified atom stereocenters. The first-order valence-electron chi connectivity index (χ1n) is 3.56. The van der Waals surface area contributed by atoms with Crippen molar-refractivity contribution in [3.8, 4) is 0 Å². The maximum atomic E-state index is 9.12. The van der Waals surface area contributed by atoms with Crippen LogP contribution in [0.5, 0.6) is 0 Å². The highest BCUT2D eigenvalue weighted by Gasteiger charge is 2.42. The molecule has 1 aliphatic rings. The van der Waals surface area contributed by atoms with E-state index in [9.17, 15) is 0 Å². The van der Waals surface area contributed by atoms with Crippen molar-refractivity contribution in [2.75, 3.05) is 6.61 Å². The molecule has 5 atom stereocenters. The fourth-order valence-corrected chi connectivity index (χ4v) is 1.08. The van der Waals surface area contributed by atoms with E-state index in [4.69, 9.17) is 25.5 Å². The molecule has 0 radical (unpaired) electrons. The molecule has 5 N–H and O–H groups in total. The first kappa shape index (κ1) is 9.85. The van der Waals surface area contributed by atoms with Crippen molar-refractivity contribution in [2.45, 2.75) is 30.7 Å². The van der Waals surface area contributed by atoms with Gasteiger partial charge in [0.1, 0.15) is 24.4 Å². The Bertz CT molecular complexity index is 146. The summed E-state index contributed by atoms with van der Waals surface area (Å²) in [4.78, 5) is 0. The summed E-state index contributed by atoms with van der Waals surface area (Å²) in [7, 11) is 0. The van der Waals surface area contributed by atoms with Crippen LogP contribution < -0.4 is 0 Å². The summed E-state index contributed by atoms with van der Waals surface area (Å²) in [6.07, 6.45) is -7.04. The van der Waals surface area contributed by atoms with Gasteiger partial charge in [0.05, 0.1) is 6.61 Å². The van der Waals surface area contributed by atoms with E-state index in [0.717, 1.165) is 0 Å². The standard InChI is InChI=1S/C6H12O6/c7-1-2-3(8)4(9)5(10)6(11)12-2/h2-11H,1H2/t2?,3-,4+,5-,6+/m1/s1/i5+1,6+1. The second kappa shape index (κ2) is 3.65. The Hall–Kier alpha value is -0.240. The predicted molar refractivity (Wildman–Crippen MR) is 36.0 cm³/mol. The number of rotatable bonds is 1. The van der Waals surface area contributed by atoms with Crippen LogP contribution in [0.25, 0.3) is 0 Å². The largest absolute Gasteiger partial charge is 0.394 e. The Labute approximate surface area is 68.6 Å². The smallest absolute Gasteiger partial charge is 0.184 e. The Kier molecular flexibility index (Phi) is 2.99. The molecule has 0 spiro atoms. The van der Waals surface area contributed by atoms with Crippen LogP contribution in [-0.2, 0) is 4.74 Å². The summed E-state index contributed by atoms with van der Waals surface area (Å²) in [6.45, 7) is -0.526. The molecule has 0 amide bonds. The molecule has 1 heterocycles. The molecule has 1 saturated heterocycles. The third-order valence-electron chi connectivity index (χ3n) is 1.87. The van der Waals surface area contributed by atoms with Crippen LogP contribution in [0.15, 0.2) is 0 Å². The minimum Gasteiger partial charge on any atom is -0.394 e. The van der Waals surface area contributed by atoms with E-state index in [-0.39, 0.29) is 0 Å². The van der Waals surface area contributed by atoms with E-state index < -0.39 is 37.3 Å². The van der Waals surface area contributed by atoms with Crippen LogP contribution in [-0.4, -0.2) is 62.8 Å². The monoisotopic (exact) mass is 182 g/mol. The topological polar surface area (TPSA) is 110 Å². The molecular weight excluding hydrogens is 170 g/mol. The Morgan fingerprint density at radius 1 is 0.917 bits per heavy atom. The fourth-order valence-electron chi connectivity index (χ4n) is 1.08. The van der Waals surface area contributed by atoms with Gasteiger partial charge in [0.15, 0.2) is 6.29 Å². The molecule has 1 rings (SSSR count). The van der Waals surface area contributed by atoms with E-state index in [1.54, 1.807) is 0 Å². The molecule has 72 valence electrons. The van der Waals surface area contributed by atoms with Gasteiger partial charge in [-0.25, -0.2) is 0 Å². The molecule has 6 heteroatoms. The Balaban J connectivity index is 2.63. The van der Waals surface area contributed by atoms with Crippen molar-refractivity contribution in [1.82, 2.24) is 0 Å². The van der Waals surface area contributed by atoms with Crippen LogP contribution in [0.4, 0.5) is 0 Å². The normalized spacial score (nSPS) is 49.2. The van der Waals surface area contributed by atoms with Gasteiger partial charge in [0.2, 0.25) is 0 Å². The van der Waals surface area contributed by atoms with Gasteiger partial charge in [-0.1, -0.05) is 0 Å². The lowest BCUT2D eigenvalue weighted by Gasteiger charge is -2.37. The minimum absolute atomic E-state index is 0.526. The summed E-state index contributed by atoms with van der Waals surface area (Å²) >= 11 is 0. The number of ether oxygens (including phenoxy) is 1.